The topological polar surface area (TPSA) is 286 Å². The minimum Gasteiger partial charge on any atom is -0.480 e. The van der Waals surface area contributed by atoms with E-state index in [0.29, 0.717) is 48.8 Å². The van der Waals surface area contributed by atoms with Gasteiger partial charge in [-0.05, 0) is 49.1 Å². The molecule has 2 amide bonds. The molecule has 2 aromatic carbocycles. The number of thiazole rings is 2. The van der Waals surface area contributed by atoms with E-state index >= 15 is 0 Å². The van der Waals surface area contributed by atoms with Crippen molar-refractivity contribution < 1.29 is 64.8 Å². The summed E-state index contributed by atoms with van der Waals surface area (Å²) in [6.07, 6.45) is -0.0726. The third-order valence-corrected chi connectivity index (χ3v) is 12.5. The fourth-order valence-corrected chi connectivity index (χ4v) is 9.52. The largest absolute Gasteiger partial charge is 0.480 e. The second-order valence-electron chi connectivity index (χ2n) is 12.7. The molecule has 0 bridgehead atoms. The normalized spacial score (nSPS) is 17.1. The highest BCUT2D eigenvalue weighted by Crippen LogP contribution is 2.41. The number of amides is 2. The Bertz CT molecular complexity index is 3040. The Labute approximate surface area is 333 Å². The highest BCUT2D eigenvalue weighted by molar-refractivity contribution is 7.85. The van der Waals surface area contributed by atoms with E-state index in [1.165, 1.54) is 6.08 Å². The lowest BCUT2D eigenvalue weighted by Crippen LogP contribution is -2.35. The molecule has 58 heavy (non-hydrogen) atoms. The second kappa shape index (κ2) is 15.8. The first-order valence-corrected chi connectivity index (χ1v) is 21.4. The van der Waals surface area contributed by atoms with Gasteiger partial charge in [-0.1, -0.05) is 30.3 Å². The number of rotatable bonds is 12. The Kier molecular flexibility index (Phi) is 11.4. The molecule has 1 saturated heterocycles. The van der Waals surface area contributed by atoms with Crippen molar-refractivity contribution in [1.82, 2.24) is 14.0 Å². The summed E-state index contributed by atoms with van der Waals surface area (Å²) in [5.41, 5.74) is 0.441. The second-order valence-corrected chi connectivity index (χ2v) is 17.7. The molecule has 2 aliphatic rings. The SMILES string of the molecule is Cc1cc2c(cc1C)N(CCCS(=O)(=O)O)C(=CC(c1ccccc1)=c1s/c(=c3/sc(=C4OC(=O)N(CC(=O)O)C4=O)n(CC(=O)O)c3=O)n(CS(=O)(=O)O)c1=O)O2. The minimum absolute atomic E-state index is 0.00101. The van der Waals surface area contributed by atoms with E-state index in [1.54, 1.807) is 47.4 Å². The van der Waals surface area contributed by atoms with Crippen molar-refractivity contribution in [3.63, 3.8) is 0 Å². The van der Waals surface area contributed by atoms with Crippen LogP contribution < -0.4 is 30.0 Å². The molecule has 20 nitrogen and oxygen atoms in total. The number of fused-ring (bicyclic) bond motifs is 1. The fourth-order valence-electron chi connectivity index (χ4n) is 5.94. The zero-order valence-electron chi connectivity index (χ0n) is 30.0. The average molecular weight is 879 g/mol. The predicted molar refractivity (Wildman–Crippen MR) is 204 cm³/mol. The number of aliphatic carboxylic acids is 2. The molecule has 306 valence electrons. The van der Waals surface area contributed by atoms with E-state index in [1.807, 2.05) is 13.8 Å². The van der Waals surface area contributed by atoms with Gasteiger partial charge >= 0.3 is 23.9 Å². The average Bonchev–Trinajstić information content (AvgIpc) is 3.80. The van der Waals surface area contributed by atoms with Crippen molar-refractivity contribution in [2.24, 2.45) is 0 Å². The maximum atomic E-state index is 14.4. The number of benzene rings is 2. The summed E-state index contributed by atoms with van der Waals surface area (Å²) in [7, 11) is -9.39. The van der Waals surface area contributed by atoms with Gasteiger partial charge in [-0.25, -0.2) is 9.69 Å². The Morgan fingerprint density at radius 1 is 0.793 bits per heavy atom. The molecule has 6 rings (SSSR count). The predicted octanol–water partition coefficient (Wildman–Crippen LogP) is 0.356. The highest BCUT2D eigenvalue weighted by Gasteiger charge is 2.40. The van der Waals surface area contributed by atoms with Crippen LogP contribution in [-0.2, 0) is 51.8 Å². The van der Waals surface area contributed by atoms with Crippen molar-refractivity contribution in [3.05, 3.63) is 110 Å². The van der Waals surface area contributed by atoms with Crippen LogP contribution in [-0.4, -0.2) is 93.0 Å². The molecule has 4 N–H and O–H groups in total. The lowest BCUT2D eigenvalue weighted by Gasteiger charge is -2.19. The quantitative estimate of drug-likeness (QED) is 0.140. The molecule has 0 atom stereocenters. The first-order chi connectivity index (χ1) is 27.1. The maximum absolute atomic E-state index is 14.4. The Morgan fingerprint density at radius 3 is 2.07 bits per heavy atom. The molecule has 0 saturated carbocycles. The number of nitrogens with zero attached hydrogens (tertiary/aromatic N) is 4. The fraction of sp³-hybridized carbons (Fsp3) is 0.235. The molecule has 24 heteroatoms. The summed E-state index contributed by atoms with van der Waals surface area (Å²) in [6.45, 7) is 1.42. The van der Waals surface area contributed by atoms with Crippen molar-refractivity contribution >= 4 is 83.9 Å². The molecule has 4 heterocycles. The first kappa shape index (κ1) is 41.7. The molecule has 2 aliphatic heterocycles. The third kappa shape index (κ3) is 8.65. The van der Waals surface area contributed by atoms with E-state index in [9.17, 15) is 59.8 Å². The molecule has 0 radical (unpaired) electrons. The number of ether oxygens (including phenoxy) is 2. The van der Waals surface area contributed by atoms with Crippen LogP contribution in [0.3, 0.4) is 0 Å². The molecule has 0 unspecified atom stereocenters. The Hall–Kier alpha value is -5.92. The lowest BCUT2D eigenvalue weighted by molar-refractivity contribution is -0.140. The zero-order chi connectivity index (χ0) is 42.4. The van der Waals surface area contributed by atoms with E-state index < -0.39 is 99.6 Å². The Balaban J connectivity index is 1.72. The Morgan fingerprint density at radius 2 is 1.45 bits per heavy atom. The highest BCUT2D eigenvalue weighted by atomic mass is 32.2. The number of carboxylic acids is 2. The van der Waals surface area contributed by atoms with E-state index in [-0.39, 0.29) is 33.9 Å². The van der Waals surface area contributed by atoms with Crippen molar-refractivity contribution in [1.29, 1.82) is 0 Å². The van der Waals surface area contributed by atoms with Crippen LogP contribution in [0.4, 0.5) is 10.5 Å². The van der Waals surface area contributed by atoms with Crippen LogP contribution in [0.1, 0.15) is 23.1 Å². The van der Waals surface area contributed by atoms with Gasteiger partial charge in [0, 0.05) is 18.2 Å². The van der Waals surface area contributed by atoms with Gasteiger partial charge in [0.25, 0.3) is 31.4 Å². The number of aryl methyl sites for hydroxylation is 2. The van der Waals surface area contributed by atoms with E-state index in [4.69, 9.17) is 14.6 Å². The van der Waals surface area contributed by atoms with Gasteiger partial charge < -0.3 is 24.6 Å². The summed E-state index contributed by atoms with van der Waals surface area (Å²) in [5.74, 6) is -6.97. The smallest absolute Gasteiger partial charge is 0.423 e. The third-order valence-electron chi connectivity index (χ3n) is 8.61. The minimum atomic E-state index is -5.04. The van der Waals surface area contributed by atoms with Gasteiger partial charge in [-0.15, -0.1) is 22.7 Å². The molecule has 2 aromatic heterocycles. The monoisotopic (exact) mass is 878 g/mol. The molecule has 0 aliphatic carbocycles. The number of imide groups is 1. The number of aromatic nitrogens is 2. The number of allylic oxidation sites excluding steroid dienone is 1. The number of carbonyl (C=O) groups excluding carboxylic acids is 2. The zero-order valence-corrected chi connectivity index (χ0v) is 33.2. The number of anilines is 1. The number of carboxylic acid groups (broad SMARTS) is 2. The van der Waals surface area contributed by atoms with Crippen molar-refractivity contribution in [2.75, 3.05) is 23.7 Å². The summed E-state index contributed by atoms with van der Waals surface area (Å²) in [5, 5.41) is 18.8. The van der Waals surface area contributed by atoms with Crippen molar-refractivity contribution in [2.45, 2.75) is 32.7 Å². The van der Waals surface area contributed by atoms with Crippen LogP contribution in [0.5, 0.6) is 5.75 Å². The van der Waals surface area contributed by atoms with Crippen LogP contribution in [0, 0.1) is 23.0 Å². The van der Waals surface area contributed by atoms with E-state index in [0.717, 1.165) is 11.1 Å². The van der Waals surface area contributed by atoms with Crippen LogP contribution in [0.25, 0.3) is 11.3 Å². The molecule has 4 aromatic rings. The first-order valence-electron chi connectivity index (χ1n) is 16.6. The van der Waals surface area contributed by atoms with Crippen molar-refractivity contribution in [3.8, 4) is 5.75 Å². The number of cyclic esters (lactones) is 1. The number of carbonyl (C=O) groups is 4. The molecular weight excluding hydrogens is 849 g/mol. The van der Waals surface area contributed by atoms with Crippen LogP contribution >= 0.6 is 22.7 Å². The van der Waals surface area contributed by atoms with Gasteiger partial charge in [0.2, 0.25) is 11.6 Å². The molecule has 0 spiro atoms. The maximum Gasteiger partial charge on any atom is 0.423 e. The van der Waals surface area contributed by atoms with Gasteiger partial charge in [0.05, 0.1) is 11.4 Å². The number of hydrogen-bond acceptors (Lipinski definition) is 15. The molecular formula is C34H30N4O16S4. The van der Waals surface area contributed by atoms with Crippen LogP contribution in [0.2, 0.25) is 0 Å². The summed E-state index contributed by atoms with van der Waals surface area (Å²) in [6, 6.07) is 11.7. The summed E-state index contributed by atoms with van der Waals surface area (Å²) >= 11 is 0.890. The summed E-state index contributed by atoms with van der Waals surface area (Å²) in [4.78, 5) is 78.9. The van der Waals surface area contributed by atoms with Gasteiger partial charge in [-0.3, -0.25) is 42.2 Å². The summed E-state index contributed by atoms with van der Waals surface area (Å²) < 4.78 is 77.8. The van der Waals surface area contributed by atoms with Crippen LogP contribution in [0.15, 0.2) is 64.0 Å². The van der Waals surface area contributed by atoms with Gasteiger partial charge in [0.1, 0.15) is 31.5 Å². The standard InChI is InChI=1S/C34H30N4O16S4/c1-17-11-21-22(12-18(17)2)53-23(35(21)9-6-10-57(47,48)49)13-20(19-7-4-3-5-8-19)27-30(44)38(16-58(50,51)52)33(55-27)28-31(45)36(14-24(39)40)32(56-28)26-29(43)37(15-25(41)42)34(46)54-26/h3-5,7-8,11-13H,6,9-10,14-16H2,1-2H3,(H,39,40)(H,41,42)(H,47,48,49)(H,50,51,52)/b23-13?,27-20?,32-26?,33-28+. The lowest BCUT2D eigenvalue weighted by atomic mass is 10.1. The van der Waals surface area contributed by atoms with E-state index in [2.05, 4.69) is 0 Å². The number of hydrogen-bond donors (Lipinski definition) is 4. The van der Waals surface area contributed by atoms with Gasteiger partial charge in [-0.2, -0.15) is 16.8 Å². The molecule has 1 fully saturated rings. The van der Waals surface area contributed by atoms with Gasteiger partial charge in [0.15, 0.2) is 11.6 Å².